The summed E-state index contributed by atoms with van der Waals surface area (Å²) in [4.78, 5) is 22.6. The van der Waals surface area contributed by atoms with Gasteiger partial charge in [-0.2, -0.15) is 0 Å². The van der Waals surface area contributed by atoms with E-state index in [9.17, 15) is 9.59 Å². The van der Waals surface area contributed by atoms with Crippen LogP contribution in [0.4, 0.5) is 4.79 Å². The first-order valence-corrected chi connectivity index (χ1v) is 15.2. The quantitative estimate of drug-likeness (QED) is 0.138. The van der Waals surface area contributed by atoms with Crippen LogP contribution in [-0.4, -0.2) is 65.6 Å². The molecule has 0 saturated heterocycles. The molecule has 2 rings (SSSR count). The molecule has 0 unspecified atom stereocenters. The summed E-state index contributed by atoms with van der Waals surface area (Å²) in [7, 11) is -2.69. The third-order valence-corrected chi connectivity index (χ3v) is 8.70. The summed E-state index contributed by atoms with van der Waals surface area (Å²) < 4.78 is 28.6. The van der Waals surface area contributed by atoms with Crippen LogP contribution in [0, 0.1) is 0 Å². The van der Waals surface area contributed by atoms with Crippen LogP contribution in [0.1, 0.15) is 45.6 Å². The number of hydrogen-bond donors (Lipinski definition) is 2. The molecule has 0 aliphatic heterocycles. The zero-order chi connectivity index (χ0) is 27.6. The largest absolute Gasteiger partial charge is 0.500 e. The number of unbranched alkanes of at least 4 members (excludes halogenated alkanes) is 1. The average molecular weight is 548 g/mol. The molecule has 0 bridgehead atoms. The van der Waals surface area contributed by atoms with E-state index >= 15 is 0 Å². The highest BCUT2D eigenvalue weighted by Crippen LogP contribution is 2.23. The second-order valence-corrected chi connectivity index (χ2v) is 11.2. The maximum atomic E-state index is 12.0. The minimum Gasteiger partial charge on any atom is -0.494 e. The van der Waals surface area contributed by atoms with Crippen LogP contribution in [0.2, 0.25) is 6.04 Å². The Morgan fingerprint density at radius 3 is 2.24 bits per heavy atom. The lowest BCUT2D eigenvalue weighted by Gasteiger charge is -2.28. The van der Waals surface area contributed by atoms with Crippen LogP contribution in [0.25, 0.3) is 10.8 Å². The van der Waals surface area contributed by atoms with E-state index in [0.29, 0.717) is 64.9 Å². The molecule has 2 aromatic carbocycles. The zero-order valence-electron chi connectivity index (χ0n) is 22.7. The highest BCUT2D eigenvalue weighted by molar-refractivity contribution is 6.60. The lowest BCUT2D eigenvalue weighted by atomic mass is 10.0. The summed E-state index contributed by atoms with van der Waals surface area (Å²) in [6, 6.07) is 12.6. The highest BCUT2D eigenvalue weighted by Gasteiger charge is 2.39. The van der Waals surface area contributed by atoms with Gasteiger partial charge in [-0.15, -0.1) is 0 Å². The number of carbonyl (C=O) groups excluding carboxylic acids is 1. The predicted molar refractivity (Wildman–Crippen MR) is 149 cm³/mol. The summed E-state index contributed by atoms with van der Waals surface area (Å²) in [5.74, 6) is -0.166. The predicted octanol–water partition coefficient (Wildman–Crippen LogP) is 5.35. The zero-order valence-corrected chi connectivity index (χ0v) is 23.7. The SMILES string of the molecule is CCO[Si](CCCNC(=O)OCCCCOc1ccc2cc(CC=CC(=O)O)ccc2c1)(OCC)OCC. The Kier molecular flexibility index (Phi) is 14.5. The molecule has 1 amide bonds. The minimum atomic E-state index is -2.69. The van der Waals surface area contributed by atoms with Gasteiger partial charge in [-0.25, -0.2) is 9.59 Å². The number of fused-ring (bicyclic) bond motifs is 1. The summed E-state index contributed by atoms with van der Waals surface area (Å²) in [5.41, 5.74) is 1.05. The molecule has 0 heterocycles. The van der Waals surface area contributed by atoms with Crippen molar-refractivity contribution in [2.75, 3.05) is 39.6 Å². The van der Waals surface area contributed by atoms with Crippen molar-refractivity contribution < 1.29 is 37.4 Å². The Balaban J connectivity index is 1.62. The first-order valence-electron chi connectivity index (χ1n) is 13.3. The summed E-state index contributed by atoms with van der Waals surface area (Å²) >= 11 is 0. The van der Waals surface area contributed by atoms with Crippen molar-refractivity contribution in [1.82, 2.24) is 5.32 Å². The van der Waals surface area contributed by atoms with Gasteiger partial charge in [0.25, 0.3) is 0 Å². The van der Waals surface area contributed by atoms with Crippen LogP contribution in [0.5, 0.6) is 5.75 Å². The van der Waals surface area contributed by atoms with Crippen LogP contribution < -0.4 is 10.1 Å². The number of carbonyl (C=O) groups is 2. The second kappa shape index (κ2) is 17.6. The van der Waals surface area contributed by atoms with E-state index in [0.717, 1.165) is 34.6 Å². The van der Waals surface area contributed by atoms with Gasteiger partial charge in [0.2, 0.25) is 0 Å². The topological polar surface area (TPSA) is 113 Å². The Bertz CT molecular complexity index is 1010. The van der Waals surface area contributed by atoms with Gasteiger partial charge < -0.3 is 33.2 Å². The molecule has 0 aliphatic rings. The monoisotopic (exact) mass is 547 g/mol. The molecule has 2 N–H and O–H groups in total. The number of ether oxygens (including phenoxy) is 2. The number of allylic oxidation sites excluding steroid dienone is 1. The van der Waals surface area contributed by atoms with Gasteiger partial charge in [0.1, 0.15) is 5.75 Å². The van der Waals surface area contributed by atoms with E-state index in [2.05, 4.69) is 5.32 Å². The lowest BCUT2D eigenvalue weighted by Crippen LogP contribution is -2.46. The van der Waals surface area contributed by atoms with Gasteiger partial charge >= 0.3 is 20.9 Å². The second-order valence-electron chi connectivity index (χ2n) is 8.49. The minimum absolute atomic E-state index is 0.321. The molecule has 10 heteroatoms. The first kappa shape index (κ1) is 31.3. The number of carboxylic acid groups (broad SMARTS) is 1. The lowest BCUT2D eigenvalue weighted by molar-refractivity contribution is -0.131. The van der Waals surface area contributed by atoms with E-state index in [4.69, 9.17) is 27.9 Å². The van der Waals surface area contributed by atoms with Gasteiger partial charge in [-0.3, -0.25) is 0 Å². The Hall–Kier alpha value is -2.92. The van der Waals surface area contributed by atoms with Crippen LogP contribution in [-0.2, 0) is 29.2 Å². The molecule has 9 nitrogen and oxygen atoms in total. The van der Waals surface area contributed by atoms with Gasteiger partial charge in [0.05, 0.1) is 13.2 Å². The summed E-state index contributed by atoms with van der Waals surface area (Å²) in [6.07, 6.45) is 5.06. The molecular formula is C28H41NO8Si. The van der Waals surface area contributed by atoms with Crippen LogP contribution in [0.15, 0.2) is 48.6 Å². The van der Waals surface area contributed by atoms with Crippen molar-refractivity contribution in [3.8, 4) is 5.75 Å². The smallest absolute Gasteiger partial charge is 0.494 e. The van der Waals surface area contributed by atoms with Crippen molar-refractivity contribution in [1.29, 1.82) is 0 Å². The van der Waals surface area contributed by atoms with E-state index in [1.165, 1.54) is 0 Å². The van der Waals surface area contributed by atoms with Crippen molar-refractivity contribution in [2.45, 2.75) is 52.5 Å². The summed E-state index contributed by atoms with van der Waals surface area (Å²) in [6.45, 7) is 8.66. The molecule has 210 valence electrons. The molecule has 0 saturated carbocycles. The molecular weight excluding hydrogens is 506 g/mol. The highest BCUT2D eigenvalue weighted by atomic mass is 28.4. The fourth-order valence-corrected chi connectivity index (χ4v) is 6.50. The maximum Gasteiger partial charge on any atom is 0.500 e. The number of rotatable bonds is 19. The van der Waals surface area contributed by atoms with Gasteiger partial charge in [-0.05, 0) is 74.9 Å². The number of carboxylic acids is 1. The van der Waals surface area contributed by atoms with E-state index in [1.54, 1.807) is 6.08 Å². The third-order valence-electron chi connectivity index (χ3n) is 5.55. The molecule has 0 aliphatic carbocycles. The number of aliphatic carboxylic acids is 1. The third kappa shape index (κ3) is 11.6. The fraction of sp³-hybridized carbons (Fsp3) is 0.500. The summed E-state index contributed by atoms with van der Waals surface area (Å²) in [5, 5.41) is 13.6. The number of alkyl carbamates (subject to hydrolysis) is 1. The first-order chi connectivity index (χ1) is 18.4. The Labute approximate surface area is 226 Å². The molecule has 38 heavy (non-hydrogen) atoms. The van der Waals surface area contributed by atoms with E-state index in [-0.39, 0.29) is 0 Å². The molecule has 0 radical (unpaired) electrons. The molecule has 0 fully saturated rings. The number of benzene rings is 2. The Morgan fingerprint density at radius 2 is 1.55 bits per heavy atom. The molecule has 0 spiro atoms. The van der Waals surface area contributed by atoms with Crippen molar-refractivity contribution in [3.05, 3.63) is 54.1 Å². The number of nitrogens with one attached hydrogen (secondary N) is 1. The average Bonchev–Trinajstić information content (AvgIpc) is 2.89. The van der Waals surface area contributed by atoms with Crippen molar-refractivity contribution in [2.24, 2.45) is 0 Å². The van der Waals surface area contributed by atoms with E-state index < -0.39 is 20.9 Å². The van der Waals surface area contributed by atoms with Crippen LogP contribution >= 0.6 is 0 Å². The van der Waals surface area contributed by atoms with Gasteiger partial charge in [0.15, 0.2) is 0 Å². The van der Waals surface area contributed by atoms with Gasteiger partial charge in [-0.1, -0.05) is 30.3 Å². The van der Waals surface area contributed by atoms with Crippen molar-refractivity contribution in [3.63, 3.8) is 0 Å². The fourth-order valence-electron chi connectivity index (χ4n) is 3.89. The maximum absolute atomic E-state index is 12.0. The molecule has 0 aromatic heterocycles. The van der Waals surface area contributed by atoms with E-state index in [1.807, 2.05) is 57.2 Å². The molecule has 0 atom stereocenters. The van der Waals surface area contributed by atoms with Crippen molar-refractivity contribution >= 4 is 31.6 Å². The van der Waals surface area contributed by atoms with Crippen LogP contribution in [0.3, 0.4) is 0 Å². The molecule has 2 aromatic rings. The normalized spacial score (nSPS) is 11.7. The van der Waals surface area contributed by atoms with Gasteiger partial charge in [0, 0.05) is 38.5 Å². The number of amides is 1. The standard InChI is InChI=1S/C28H41NO8Si/c1-4-35-38(36-5-2,37-6-3)20-10-17-29-28(32)34-19-8-7-18-33-26-16-15-24-21-23(11-9-12-27(30)31)13-14-25(24)22-26/h9,12-16,21-22H,4-8,10-11,17-20H2,1-3H3,(H,29,32)(H,30,31). The Morgan fingerprint density at radius 1 is 0.895 bits per heavy atom. The number of hydrogen-bond acceptors (Lipinski definition) is 7.